The monoisotopic (exact) mass is 338 g/mol. The molecule has 2 heterocycles. The van der Waals surface area contributed by atoms with Gasteiger partial charge in [0.05, 0.1) is 6.54 Å². The van der Waals surface area contributed by atoms with E-state index in [9.17, 15) is 14.0 Å². The highest BCUT2D eigenvalue weighted by molar-refractivity contribution is 5.91. The molecule has 3 aromatic rings. The third kappa shape index (κ3) is 4.35. The van der Waals surface area contributed by atoms with Crippen molar-refractivity contribution in [3.8, 4) is 0 Å². The number of halogens is 1. The normalized spacial score (nSPS) is 10.4. The third-order valence-electron chi connectivity index (χ3n) is 3.52. The predicted octanol–water partition coefficient (Wildman–Crippen LogP) is 1.76. The van der Waals surface area contributed by atoms with E-state index in [0.29, 0.717) is 12.1 Å². The summed E-state index contributed by atoms with van der Waals surface area (Å²) in [5.74, 6) is -0.746. The zero-order valence-corrected chi connectivity index (χ0v) is 13.2. The molecule has 0 aliphatic heterocycles. The van der Waals surface area contributed by atoms with Gasteiger partial charge in [-0.05, 0) is 35.4 Å². The molecule has 0 spiro atoms. The molecule has 0 saturated heterocycles. The minimum atomic E-state index is -0.392. The average Bonchev–Trinajstić information content (AvgIpc) is 2.64. The van der Waals surface area contributed by atoms with Gasteiger partial charge in [-0.3, -0.25) is 14.6 Å². The van der Waals surface area contributed by atoms with Crippen LogP contribution in [0, 0.1) is 5.82 Å². The summed E-state index contributed by atoms with van der Waals surface area (Å²) in [6.07, 6.45) is 3.31. The second-order valence-corrected chi connectivity index (χ2v) is 5.38. The van der Waals surface area contributed by atoms with Crippen LogP contribution in [0.25, 0.3) is 0 Å². The Morgan fingerprint density at radius 1 is 1.08 bits per heavy atom. The Balaban J connectivity index is 1.73. The van der Waals surface area contributed by atoms with Crippen molar-refractivity contribution in [3.63, 3.8) is 0 Å². The van der Waals surface area contributed by atoms with Gasteiger partial charge in [0.15, 0.2) is 0 Å². The fraction of sp³-hybridized carbons (Fsp3) is 0.111. The quantitative estimate of drug-likeness (QED) is 0.769. The van der Waals surface area contributed by atoms with Crippen molar-refractivity contribution in [1.29, 1.82) is 0 Å². The first kappa shape index (κ1) is 16.5. The van der Waals surface area contributed by atoms with Crippen LogP contribution in [0.5, 0.6) is 0 Å². The van der Waals surface area contributed by atoms with Crippen LogP contribution >= 0.6 is 0 Å². The molecule has 0 unspecified atom stereocenters. The van der Waals surface area contributed by atoms with Crippen LogP contribution in [0.1, 0.15) is 21.6 Å². The van der Waals surface area contributed by atoms with Crippen LogP contribution in [-0.4, -0.2) is 20.7 Å². The highest BCUT2D eigenvalue weighted by Gasteiger charge is 2.10. The SMILES string of the molecule is O=C(NCc1cccnc1)c1ccc(=O)n(Cc2ccc(F)cc2)n1. The van der Waals surface area contributed by atoms with E-state index in [1.165, 1.54) is 28.9 Å². The van der Waals surface area contributed by atoms with E-state index in [4.69, 9.17) is 0 Å². The first-order valence-electron chi connectivity index (χ1n) is 7.61. The summed E-state index contributed by atoms with van der Waals surface area (Å²) in [7, 11) is 0. The molecule has 0 aliphatic carbocycles. The minimum absolute atomic E-state index is 0.130. The molecule has 25 heavy (non-hydrogen) atoms. The smallest absolute Gasteiger partial charge is 0.271 e. The number of benzene rings is 1. The summed E-state index contributed by atoms with van der Waals surface area (Å²) in [6, 6.07) is 12.0. The summed E-state index contributed by atoms with van der Waals surface area (Å²) in [5.41, 5.74) is 1.36. The molecule has 6 nitrogen and oxygen atoms in total. The highest BCUT2D eigenvalue weighted by atomic mass is 19.1. The molecule has 0 radical (unpaired) electrons. The number of carbonyl (C=O) groups excluding carboxylic acids is 1. The van der Waals surface area contributed by atoms with Gasteiger partial charge < -0.3 is 5.32 Å². The lowest BCUT2D eigenvalue weighted by Gasteiger charge is -2.08. The van der Waals surface area contributed by atoms with Gasteiger partial charge in [0.1, 0.15) is 11.5 Å². The highest BCUT2D eigenvalue weighted by Crippen LogP contribution is 2.04. The van der Waals surface area contributed by atoms with Crippen LogP contribution in [0.2, 0.25) is 0 Å². The van der Waals surface area contributed by atoms with Crippen LogP contribution in [0.3, 0.4) is 0 Å². The summed E-state index contributed by atoms with van der Waals surface area (Å²) in [6.45, 7) is 0.467. The Hall–Kier alpha value is -3.35. The van der Waals surface area contributed by atoms with Gasteiger partial charge >= 0.3 is 0 Å². The van der Waals surface area contributed by atoms with Crippen molar-refractivity contribution >= 4 is 5.91 Å². The van der Waals surface area contributed by atoms with E-state index in [0.717, 1.165) is 5.56 Å². The van der Waals surface area contributed by atoms with Crippen molar-refractivity contribution < 1.29 is 9.18 Å². The van der Waals surface area contributed by atoms with Gasteiger partial charge in [0.2, 0.25) is 0 Å². The second-order valence-electron chi connectivity index (χ2n) is 5.38. The lowest BCUT2D eigenvalue weighted by atomic mass is 10.2. The Labute approximate surface area is 143 Å². The molecule has 0 bridgehead atoms. The predicted molar refractivity (Wildman–Crippen MR) is 89.4 cm³/mol. The molecule has 7 heteroatoms. The van der Waals surface area contributed by atoms with E-state index < -0.39 is 5.91 Å². The van der Waals surface area contributed by atoms with E-state index in [-0.39, 0.29) is 23.6 Å². The number of amides is 1. The lowest BCUT2D eigenvalue weighted by Crippen LogP contribution is -2.29. The first-order valence-corrected chi connectivity index (χ1v) is 7.61. The summed E-state index contributed by atoms with van der Waals surface area (Å²) < 4.78 is 14.1. The van der Waals surface area contributed by atoms with Crippen molar-refractivity contribution in [1.82, 2.24) is 20.1 Å². The number of rotatable bonds is 5. The topological polar surface area (TPSA) is 76.9 Å². The fourth-order valence-corrected chi connectivity index (χ4v) is 2.22. The van der Waals surface area contributed by atoms with Crippen LogP contribution in [0.15, 0.2) is 65.7 Å². The third-order valence-corrected chi connectivity index (χ3v) is 3.52. The number of pyridine rings is 1. The molecule has 1 N–H and O–H groups in total. The molecular weight excluding hydrogens is 323 g/mol. The van der Waals surface area contributed by atoms with E-state index in [2.05, 4.69) is 15.4 Å². The molecule has 3 rings (SSSR count). The number of nitrogens with one attached hydrogen (secondary N) is 1. The molecule has 1 aromatic carbocycles. The van der Waals surface area contributed by atoms with Crippen molar-refractivity contribution in [2.24, 2.45) is 0 Å². The molecule has 1 amide bonds. The van der Waals surface area contributed by atoms with E-state index >= 15 is 0 Å². The number of hydrogen-bond donors (Lipinski definition) is 1. The van der Waals surface area contributed by atoms with Crippen molar-refractivity contribution in [2.75, 3.05) is 0 Å². The standard InChI is InChI=1S/C18H15FN4O2/c19-15-5-3-13(4-6-15)12-23-17(24)8-7-16(22-23)18(25)21-11-14-2-1-9-20-10-14/h1-10H,11-12H2,(H,21,25). The van der Waals surface area contributed by atoms with Crippen LogP contribution in [0.4, 0.5) is 4.39 Å². The van der Waals surface area contributed by atoms with Gasteiger partial charge in [-0.25, -0.2) is 9.07 Å². The van der Waals surface area contributed by atoms with E-state index in [1.807, 2.05) is 6.07 Å². The molecule has 0 aliphatic rings. The molecule has 2 aromatic heterocycles. The lowest BCUT2D eigenvalue weighted by molar-refractivity contribution is 0.0943. The molecule has 0 fully saturated rings. The molecule has 0 atom stereocenters. The number of hydrogen-bond acceptors (Lipinski definition) is 4. The number of nitrogens with zero attached hydrogens (tertiary/aromatic N) is 3. The Morgan fingerprint density at radius 3 is 2.60 bits per heavy atom. The second kappa shape index (κ2) is 7.48. The Bertz CT molecular complexity index is 924. The summed E-state index contributed by atoms with van der Waals surface area (Å²) >= 11 is 0. The molecule has 0 saturated carbocycles. The van der Waals surface area contributed by atoms with Gasteiger partial charge in [-0.15, -0.1) is 0 Å². The number of carbonyl (C=O) groups is 1. The van der Waals surface area contributed by atoms with Crippen LogP contribution in [-0.2, 0) is 13.1 Å². The van der Waals surface area contributed by atoms with Crippen LogP contribution < -0.4 is 10.9 Å². The maximum Gasteiger partial charge on any atom is 0.271 e. The van der Waals surface area contributed by atoms with E-state index in [1.54, 1.807) is 30.6 Å². The molecular formula is C18H15FN4O2. The van der Waals surface area contributed by atoms with Gasteiger partial charge in [-0.2, -0.15) is 5.10 Å². The maximum atomic E-state index is 13.0. The largest absolute Gasteiger partial charge is 0.347 e. The van der Waals surface area contributed by atoms with Gasteiger partial charge in [0, 0.05) is 25.0 Å². The summed E-state index contributed by atoms with van der Waals surface area (Å²) in [5, 5.41) is 6.81. The fourth-order valence-electron chi connectivity index (χ4n) is 2.22. The zero-order chi connectivity index (χ0) is 17.6. The summed E-state index contributed by atoms with van der Waals surface area (Å²) in [4.78, 5) is 28.1. The Kier molecular flexibility index (Phi) is 4.94. The Morgan fingerprint density at radius 2 is 1.88 bits per heavy atom. The van der Waals surface area contributed by atoms with Crippen molar-refractivity contribution in [2.45, 2.75) is 13.1 Å². The minimum Gasteiger partial charge on any atom is -0.347 e. The number of aromatic nitrogens is 3. The zero-order valence-electron chi connectivity index (χ0n) is 13.2. The first-order chi connectivity index (χ1) is 12.1. The van der Waals surface area contributed by atoms with Gasteiger partial charge in [-0.1, -0.05) is 18.2 Å². The molecule has 126 valence electrons. The van der Waals surface area contributed by atoms with Gasteiger partial charge in [0.25, 0.3) is 11.5 Å². The maximum absolute atomic E-state index is 13.0. The average molecular weight is 338 g/mol. The van der Waals surface area contributed by atoms with Crippen molar-refractivity contribution in [3.05, 3.63) is 93.9 Å².